The lowest BCUT2D eigenvalue weighted by Gasteiger charge is -2.55. The van der Waals surface area contributed by atoms with Gasteiger partial charge in [-0.15, -0.1) is 0 Å². The molecule has 0 amide bonds. The van der Waals surface area contributed by atoms with Gasteiger partial charge in [0.15, 0.2) is 0 Å². The fourth-order valence-corrected chi connectivity index (χ4v) is 5.01. The molecule has 3 nitrogen and oxygen atoms in total. The Bertz CT molecular complexity index is 319. The molecule has 0 atom stereocenters. The summed E-state index contributed by atoms with van der Waals surface area (Å²) < 4.78 is 5.23. The van der Waals surface area contributed by atoms with Crippen molar-refractivity contribution in [2.75, 3.05) is 33.4 Å². The maximum absolute atomic E-state index is 5.23. The summed E-state index contributed by atoms with van der Waals surface area (Å²) >= 11 is 0. The highest BCUT2D eigenvalue weighted by atomic mass is 16.5. The molecule has 1 N–H and O–H groups in total. The first kappa shape index (κ1) is 15.8. The lowest BCUT2D eigenvalue weighted by molar-refractivity contribution is -0.0193. The van der Waals surface area contributed by atoms with E-state index in [0.717, 1.165) is 6.61 Å². The van der Waals surface area contributed by atoms with Crippen LogP contribution in [-0.2, 0) is 4.74 Å². The van der Waals surface area contributed by atoms with E-state index in [1.807, 2.05) is 7.11 Å². The number of methoxy groups -OCH3 is 1. The summed E-state index contributed by atoms with van der Waals surface area (Å²) in [6, 6.07) is 0. The molecule has 0 bridgehead atoms. The number of rotatable bonds is 5. The molecule has 2 aliphatic carbocycles. The predicted octanol–water partition coefficient (Wildman–Crippen LogP) is 3.33. The average Bonchev–Trinajstić information content (AvgIpc) is 2.97. The molecule has 0 radical (unpaired) electrons. The van der Waals surface area contributed by atoms with Crippen molar-refractivity contribution in [3.8, 4) is 0 Å². The van der Waals surface area contributed by atoms with Crippen molar-refractivity contribution >= 4 is 0 Å². The standard InChI is InChI=1S/C18H34N2O/c1-21-14-8-7-13-20-16-17(9-5-6-10-17)19-15-18(20)11-3-2-4-12-18/h19H,2-16H2,1H3. The van der Waals surface area contributed by atoms with Crippen LogP contribution >= 0.6 is 0 Å². The van der Waals surface area contributed by atoms with Gasteiger partial charge in [-0.2, -0.15) is 0 Å². The molecule has 122 valence electrons. The van der Waals surface area contributed by atoms with E-state index in [0.29, 0.717) is 11.1 Å². The Balaban J connectivity index is 1.64. The molecular weight excluding hydrogens is 260 g/mol. The van der Waals surface area contributed by atoms with E-state index in [2.05, 4.69) is 10.2 Å². The van der Waals surface area contributed by atoms with Gasteiger partial charge in [0.2, 0.25) is 0 Å². The van der Waals surface area contributed by atoms with Crippen LogP contribution in [0.5, 0.6) is 0 Å². The van der Waals surface area contributed by atoms with E-state index in [9.17, 15) is 0 Å². The van der Waals surface area contributed by atoms with Crippen molar-refractivity contribution in [1.82, 2.24) is 10.2 Å². The minimum absolute atomic E-state index is 0.462. The zero-order valence-electron chi connectivity index (χ0n) is 14.0. The first-order chi connectivity index (χ1) is 10.3. The van der Waals surface area contributed by atoms with E-state index < -0.39 is 0 Å². The molecule has 21 heavy (non-hydrogen) atoms. The van der Waals surface area contributed by atoms with Crippen LogP contribution < -0.4 is 5.32 Å². The van der Waals surface area contributed by atoms with E-state index in [1.165, 1.54) is 90.3 Å². The van der Waals surface area contributed by atoms with E-state index in [-0.39, 0.29) is 0 Å². The van der Waals surface area contributed by atoms with Gasteiger partial charge in [-0.05, 0) is 45.1 Å². The van der Waals surface area contributed by atoms with E-state index in [1.54, 1.807) is 0 Å². The summed E-state index contributed by atoms with van der Waals surface area (Å²) in [6.45, 7) is 4.76. The Morgan fingerprint density at radius 2 is 1.67 bits per heavy atom. The molecule has 0 aromatic heterocycles. The molecule has 3 fully saturated rings. The van der Waals surface area contributed by atoms with Crippen LogP contribution in [0.1, 0.15) is 70.6 Å². The minimum Gasteiger partial charge on any atom is -0.385 e. The molecule has 2 saturated carbocycles. The molecule has 3 heteroatoms. The molecule has 1 saturated heterocycles. The zero-order valence-corrected chi connectivity index (χ0v) is 14.0. The fourth-order valence-electron chi connectivity index (χ4n) is 5.01. The van der Waals surface area contributed by atoms with Gasteiger partial charge in [0.25, 0.3) is 0 Å². The number of hydrogen-bond acceptors (Lipinski definition) is 3. The number of piperazine rings is 1. The summed E-state index contributed by atoms with van der Waals surface area (Å²) in [6.07, 6.45) is 15.3. The Labute approximate surface area is 130 Å². The van der Waals surface area contributed by atoms with Gasteiger partial charge >= 0.3 is 0 Å². The smallest absolute Gasteiger partial charge is 0.0462 e. The third kappa shape index (κ3) is 3.46. The van der Waals surface area contributed by atoms with Crippen LogP contribution in [0.2, 0.25) is 0 Å². The van der Waals surface area contributed by atoms with Crippen LogP contribution in [0.25, 0.3) is 0 Å². The Morgan fingerprint density at radius 3 is 2.38 bits per heavy atom. The molecule has 1 heterocycles. The normalized spacial score (nSPS) is 28.4. The van der Waals surface area contributed by atoms with Crippen LogP contribution in [0.3, 0.4) is 0 Å². The summed E-state index contributed by atoms with van der Waals surface area (Å²) in [5.41, 5.74) is 0.948. The quantitative estimate of drug-likeness (QED) is 0.787. The molecule has 2 spiro atoms. The second-order valence-electron chi connectivity index (χ2n) is 7.75. The first-order valence-electron chi connectivity index (χ1n) is 9.28. The second kappa shape index (κ2) is 6.97. The van der Waals surface area contributed by atoms with Crippen molar-refractivity contribution in [3.05, 3.63) is 0 Å². The van der Waals surface area contributed by atoms with Gasteiger partial charge in [0.1, 0.15) is 0 Å². The summed E-state index contributed by atoms with van der Waals surface area (Å²) in [5, 5.41) is 4.02. The Morgan fingerprint density at radius 1 is 0.952 bits per heavy atom. The van der Waals surface area contributed by atoms with Gasteiger partial charge in [0, 0.05) is 37.9 Å². The number of ether oxygens (including phenoxy) is 1. The number of unbranched alkanes of at least 4 members (excludes halogenated alkanes) is 1. The average molecular weight is 294 g/mol. The van der Waals surface area contributed by atoms with Crippen LogP contribution in [-0.4, -0.2) is 49.3 Å². The molecule has 0 unspecified atom stereocenters. The predicted molar refractivity (Wildman–Crippen MR) is 87.7 cm³/mol. The highest BCUT2D eigenvalue weighted by molar-refractivity contribution is 5.07. The van der Waals surface area contributed by atoms with Crippen molar-refractivity contribution in [3.63, 3.8) is 0 Å². The SMILES string of the molecule is COCCCCN1CC2(CCCC2)NCC12CCCCC2. The summed E-state index contributed by atoms with van der Waals surface area (Å²) in [5.74, 6) is 0. The van der Waals surface area contributed by atoms with Crippen LogP contribution in [0, 0.1) is 0 Å². The minimum atomic E-state index is 0.462. The van der Waals surface area contributed by atoms with Crippen molar-refractivity contribution in [2.24, 2.45) is 0 Å². The van der Waals surface area contributed by atoms with Gasteiger partial charge in [-0.3, -0.25) is 4.90 Å². The molecule has 0 aromatic rings. The summed E-state index contributed by atoms with van der Waals surface area (Å²) in [7, 11) is 1.82. The Kier molecular flexibility index (Phi) is 5.23. The second-order valence-corrected chi connectivity index (χ2v) is 7.75. The third-order valence-electron chi connectivity index (χ3n) is 6.33. The van der Waals surface area contributed by atoms with Gasteiger partial charge in [-0.1, -0.05) is 32.1 Å². The molecule has 1 aliphatic heterocycles. The highest BCUT2D eigenvalue weighted by Crippen LogP contribution is 2.41. The Hall–Kier alpha value is -0.120. The number of nitrogens with one attached hydrogen (secondary N) is 1. The monoisotopic (exact) mass is 294 g/mol. The van der Waals surface area contributed by atoms with Crippen molar-refractivity contribution < 1.29 is 4.74 Å². The highest BCUT2D eigenvalue weighted by Gasteiger charge is 2.48. The molecular formula is C18H34N2O. The van der Waals surface area contributed by atoms with Crippen molar-refractivity contribution in [2.45, 2.75) is 81.7 Å². The maximum Gasteiger partial charge on any atom is 0.0462 e. The van der Waals surface area contributed by atoms with E-state index in [4.69, 9.17) is 4.74 Å². The largest absolute Gasteiger partial charge is 0.385 e. The number of hydrogen-bond donors (Lipinski definition) is 1. The molecule has 3 aliphatic rings. The van der Waals surface area contributed by atoms with Gasteiger partial charge < -0.3 is 10.1 Å². The molecule has 3 rings (SSSR count). The molecule has 0 aromatic carbocycles. The maximum atomic E-state index is 5.23. The van der Waals surface area contributed by atoms with Gasteiger partial charge in [-0.25, -0.2) is 0 Å². The first-order valence-corrected chi connectivity index (χ1v) is 9.28. The van der Waals surface area contributed by atoms with E-state index >= 15 is 0 Å². The fraction of sp³-hybridized carbons (Fsp3) is 1.00. The zero-order chi connectivity index (χ0) is 14.6. The van der Waals surface area contributed by atoms with Crippen molar-refractivity contribution in [1.29, 1.82) is 0 Å². The lowest BCUT2D eigenvalue weighted by atomic mass is 9.76. The topological polar surface area (TPSA) is 24.5 Å². The summed E-state index contributed by atoms with van der Waals surface area (Å²) in [4.78, 5) is 2.91. The van der Waals surface area contributed by atoms with Gasteiger partial charge in [0.05, 0.1) is 0 Å². The van der Waals surface area contributed by atoms with Crippen LogP contribution in [0.4, 0.5) is 0 Å². The third-order valence-corrected chi connectivity index (χ3v) is 6.33. The van der Waals surface area contributed by atoms with Crippen LogP contribution in [0.15, 0.2) is 0 Å². The lowest BCUT2D eigenvalue weighted by Crippen LogP contribution is -2.69. The number of nitrogens with zero attached hydrogens (tertiary/aromatic N) is 1.